The Kier molecular flexibility index (Phi) is 46.2. The molecule has 0 aromatic carbocycles. The molecule has 0 saturated heterocycles. The first kappa shape index (κ1) is 62.5. The summed E-state index contributed by atoms with van der Waals surface area (Å²) >= 11 is 0. The number of hydrogen-bond donors (Lipinski definition) is 0. The number of carboxylic acids is 1. The van der Waals surface area contributed by atoms with E-state index in [0.29, 0.717) is 12.8 Å². The Labute approximate surface area is 402 Å². The quantitative estimate of drug-likeness (QED) is 0.0197. The molecule has 0 aromatic heterocycles. The van der Waals surface area contributed by atoms with Crippen LogP contribution in [0.1, 0.15) is 258 Å². The van der Waals surface area contributed by atoms with Crippen LogP contribution in [0.3, 0.4) is 0 Å². The molecule has 0 aliphatic rings. The smallest absolute Gasteiger partial charge is 0.306 e. The molecule has 0 aromatic rings. The van der Waals surface area contributed by atoms with Crippen LogP contribution in [0.25, 0.3) is 0 Å². The topological polar surface area (TPSA) is 102 Å². The van der Waals surface area contributed by atoms with Gasteiger partial charge in [0.2, 0.25) is 0 Å². The third-order valence-corrected chi connectivity index (χ3v) is 12.5. The van der Waals surface area contributed by atoms with Crippen molar-refractivity contribution in [2.75, 3.05) is 41.0 Å². The van der Waals surface area contributed by atoms with Gasteiger partial charge in [-0.15, -0.1) is 0 Å². The van der Waals surface area contributed by atoms with Gasteiger partial charge in [0, 0.05) is 19.3 Å². The maximum absolute atomic E-state index is 12.8. The number of aliphatic carboxylic acids is 1. The Morgan fingerprint density at radius 2 is 0.815 bits per heavy atom. The highest BCUT2D eigenvalue weighted by Crippen LogP contribution is 2.16. The number of nitrogens with zero attached hydrogens (tertiary/aromatic N) is 1. The monoisotopic (exact) mass is 916 g/mol. The number of rotatable bonds is 50. The first-order valence-electron chi connectivity index (χ1n) is 27.5. The average molecular weight is 916 g/mol. The summed E-state index contributed by atoms with van der Waals surface area (Å²) in [5.41, 5.74) is 0. The second kappa shape index (κ2) is 48.0. The zero-order valence-electron chi connectivity index (χ0n) is 43.4. The molecular weight excluding hydrogens is 811 g/mol. The number of carboxylic acid groups (broad SMARTS) is 1. The third kappa shape index (κ3) is 46.4. The summed E-state index contributed by atoms with van der Waals surface area (Å²) in [6, 6.07) is -0.727. The van der Waals surface area contributed by atoms with Crippen LogP contribution in [0.4, 0.5) is 0 Å². The number of carbonyl (C=O) groups excluding carboxylic acids is 3. The number of carbonyl (C=O) groups is 3. The lowest BCUT2D eigenvalue weighted by atomic mass is 10.1. The highest BCUT2D eigenvalue weighted by Gasteiger charge is 2.25. The maximum atomic E-state index is 12.8. The van der Waals surface area contributed by atoms with Gasteiger partial charge in [-0.2, -0.15) is 0 Å². The largest absolute Gasteiger partial charge is 0.544 e. The van der Waals surface area contributed by atoms with Gasteiger partial charge in [-0.3, -0.25) is 9.59 Å². The first-order chi connectivity index (χ1) is 31.6. The van der Waals surface area contributed by atoms with E-state index < -0.39 is 18.1 Å². The van der Waals surface area contributed by atoms with E-state index in [9.17, 15) is 19.5 Å². The number of likely N-dealkylation sites (N-methyl/N-ethyl adjacent to an activating group) is 1. The molecule has 380 valence electrons. The predicted octanol–water partition coefficient (Wildman–Crippen LogP) is 14.8. The molecule has 8 nitrogen and oxygen atoms in total. The number of allylic oxidation sites excluding steroid dienone is 6. The molecule has 2 unspecified atom stereocenters. The van der Waals surface area contributed by atoms with Gasteiger partial charge in [-0.1, -0.05) is 211 Å². The van der Waals surface area contributed by atoms with Gasteiger partial charge in [0.15, 0.2) is 6.10 Å². The van der Waals surface area contributed by atoms with Crippen molar-refractivity contribution >= 4 is 17.9 Å². The number of hydrogen-bond acceptors (Lipinski definition) is 7. The van der Waals surface area contributed by atoms with Gasteiger partial charge in [0.05, 0.1) is 40.3 Å². The molecule has 8 heteroatoms. The minimum Gasteiger partial charge on any atom is -0.544 e. The van der Waals surface area contributed by atoms with Crippen molar-refractivity contribution in [3.8, 4) is 0 Å². The Bertz CT molecular complexity index is 1160. The lowest BCUT2D eigenvalue weighted by Gasteiger charge is -2.34. The minimum atomic E-state index is -1.12. The predicted molar refractivity (Wildman–Crippen MR) is 273 cm³/mol. The van der Waals surface area contributed by atoms with Gasteiger partial charge < -0.3 is 28.6 Å². The number of quaternary nitrogens is 1. The van der Waals surface area contributed by atoms with Crippen molar-refractivity contribution in [1.29, 1.82) is 0 Å². The Hall–Kier alpha value is -2.45. The van der Waals surface area contributed by atoms with Crippen LogP contribution in [-0.2, 0) is 28.6 Å². The van der Waals surface area contributed by atoms with E-state index in [0.717, 1.165) is 38.5 Å². The van der Waals surface area contributed by atoms with E-state index in [-0.39, 0.29) is 42.7 Å². The van der Waals surface area contributed by atoms with Crippen LogP contribution < -0.4 is 5.11 Å². The summed E-state index contributed by atoms with van der Waals surface area (Å²) in [5, 5.41) is 11.7. The van der Waals surface area contributed by atoms with E-state index in [2.05, 4.69) is 50.3 Å². The van der Waals surface area contributed by atoms with Gasteiger partial charge in [0.25, 0.3) is 0 Å². The molecule has 0 radical (unpaired) electrons. The number of esters is 2. The van der Waals surface area contributed by atoms with E-state index >= 15 is 0 Å². The molecule has 0 aliphatic heterocycles. The average Bonchev–Trinajstić information content (AvgIpc) is 3.27. The van der Waals surface area contributed by atoms with Crippen LogP contribution in [-0.4, -0.2) is 75.5 Å². The highest BCUT2D eigenvalue weighted by molar-refractivity contribution is 5.70. The normalized spacial score (nSPS) is 13.1. The van der Waals surface area contributed by atoms with Gasteiger partial charge >= 0.3 is 11.9 Å². The number of ether oxygens (including phenoxy) is 3. The van der Waals surface area contributed by atoms with Crippen molar-refractivity contribution < 1.29 is 38.2 Å². The molecule has 0 amide bonds. The first-order valence-corrected chi connectivity index (χ1v) is 27.5. The van der Waals surface area contributed by atoms with E-state index in [4.69, 9.17) is 14.2 Å². The fourth-order valence-electron chi connectivity index (χ4n) is 8.24. The lowest BCUT2D eigenvalue weighted by molar-refractivity contribution is -0.889. The molecule has 2 atom stereocenters. The SMILES string of the molecule is CCCCCC/C=C/C=C/CCCCCCCCCCCCC(=O)OC(COCCC(C(=O)[O-])[N+](C)(C)C)COC(=O)CCCCCCCCC/C=C/CCCCCCCCCCCC. The molecule has 65 heavy (non-hydrogen) atoms. The summed E-state index contributed by atoms with van der Waals surface area (Å²) in [4.78, 5) is 37.1. The fraction of sp³-hybridized carbons (Fsp3) is 0.842. The Balaban J connectivity index is 4.20. The van der Waals surface area contributed by atoms with Crippen LogP contribution in [0, 0.1) is 0 Å². The van der Waals surface area contributed by atoms with Crippen LogP contribution in [0.5, 0.6) is 0 Å². The summed E-state index contributed by atoms with van der Waals surface area (Å²) < 4.78 is 17.3. The Morgan fingerprint density at radius 3 is 1.22 bits per heavy atom. The third-order valence-electron chi connectivity index (χ3n) is 12.5. The fourth-order valence-corrected chi connectivity index (χ4v) is 8.24. The van der Waals surface area contributed by atoms with Crippen LogP contribution in [0.15, 0.2) is 36.5 Å². The van der Waals surface area contributed by atoms with Crippen LogP contribution in [0.2, 0.25) is 0 Å². The van der Waals surface area contributed by atoms with E-state index in [1.807, 2.05) is 21.1 Å². The molecule has 0 aliphatic carbocycles. The van der Waals surface area contributed by atoms with E-state index in [1.165, 1.54) is 186 Å². The van der Waals surface area contributed by atoms with Crippen molar-refractivity contribution in [2.45, 2.75) is 270 Å². The summed E-state index contributed by atoms with van der Waals surface area (Å²) in [7, 11) is 5.42. The second-order valence-electron chi connectivity index (χ2n) is 19.8. The molecule has 0 spiro atoms. The standard InChI is InChI=1S/C57H105NO7/c1-6-8-10-12-14-16-18-20-22-24-26-28-30-31-33-35-37-39-41-43-45-47-55(59)64-52-53(51-63-50-49-54(57(61)62)58(3,4)5)65-56(60)48-46-44-42-40-38-36-34-32-29-27-25-23-21-19-17-15-13-11-9-7-2/h17,19,21,23,28,30,53-54H,6-16,18,20,22,24-27,29,31-52H2,1-5H3/b19-17+,23-21+,30-28+. The van der Waals surface area contributed by atoms with Gasteiger partial charge in [-0.25, -0.2) is 0 Å². The maximum Gasteiger partial charge on any atom is 0.306 e. The summed E-state index contributed by atoms with van der Waals surface area (Å²) in [6.45, 7) is 4.68. The lowest BCUT2D eigenvalue weighted by Crippen LogP contribution is -2.55. The molecule has 0 rings (SSSR count). The Morgan fingerprint density at radius 1 is 0.462 bits per heavy atom. The van der Waals surface area contributed by atoms with Crippen LogP contribution >= 0.6 is 0 Å². The summed E-state index contributed by atoms with van der Waals surface area (Å²) in [5.74, 6) is -1.73. The van der Waals surface area contributed by atoms with Crippen molar-refractivity contribution in [3.63, 3.8) is 0 Å². The number of unbranched alkanes of at least 4 members (excludes halogenated alkanes) is 31. The highest BCUT2D eigenvalue weighted by atomic mass is 16.6. The zero-order chi connectivity index (χ0) is 47.7. The van der Waals surface area contributed by atoms with Crippen molar-refractivity contribution in [3.05, 3.63) is 36.5 Å². The van der Waals surface area contributed by atoms with E-state index in [1.54, 1.807) is 0 Å². The molecule has 0 bridgehead atoms. The minimum absolute atomic E-state index is 0.0401. The molecule has 0 heterocycles. The summed E-state index contributed by atoms with van der Waals surface area (Å²) in [6.07, 6.45) is 57.5. The second-order valence-corrected chi connectivity index (χ2v) is 19.8. The van der Waals surface area contributed by atoms with Gasteiger partial charge in [-0.05, 0) is 64.2 Å². The molecular formula is C57H105NO7. The van der Waals surface area contributed by atoms with Gasteiger partial charge in [0.1, 0.15) is 12.6 Å². The van der Waals surface area contributed by atoms with Crippen molar-refractivity contribution in [1.82, 2.24) is 0 Å². The molecule has 0 fully saturated rings. The molecule has 0 saturated carbocycles. The zero-order valence-corrected chi connectivity index (χ0v) is 43.4. The molecule has 0 N–H and O–H groups in total. The van der Waals surface area contributed by atoms with Crippen molar-refractivity contribution in [2.24, 2.45) is 0 Å².